The van der Waals surface area contributed by atoms with E-state index >= 15 is 0 Å². The number of Topliss-reactive ketones (excluding diaryl/α,β-unsaturated/α-hetero) is 1. The summed E-state index contributed by atoms with van der Waals surface area (Å²) in [7, 11) is 3.10. The molecule has 0 radical (unpaired) electrons. The first kappa shape index (κ1) is 18.6. The van der Waals surface area contributed by atoms with Gasteiger partial charge in [-0.1, -0.05) is 12.1 Å². The summed E-state index contributed by atoms with van der Waals surface area (Å²) in [5, 5.41) is 2.85. The van der Waals surface area contributed by atoms with Crippen molar-refractivity contribution in [1.29, 1.82) is 0 Å². The van der Waals surface area contributed by atoms with Crippen molar-refractivity contribution in [1.82, 2.24) is 0 Å². The van der Waals surface area contributed by atoms with Gasteiger partial charge in [-0.2, -0.15) is 0 Å². The number of carbonyl (C=O) groups excluding carboxylic acids is 2. The molecule has 0 saturated carbocycles. The number of ketones is 1. The Bertz CT molecular complexity index is 830. The lowest BCUT2D eigenvalue weighted by atomic mass is 10.1. The molecule has 142 valence electrons. The van der Waals surface area contributed by atoms with E-state index in [1.807, 2.05) is 23.1 Å². The molecule has 0 spiro atoms. The van der Waals surface area contributed by atoms with Crippen LogP contribution >= 0.6 is 0 Å². The van der Waals surface area contributed by atoms with E-state index in [1.165, 1.54) is 6.92 Å². The van der Waals surface area contributed by atoms with Gasteiger partial charge in [-0.3, -0.25) is 9.59 Å². The molecule has 3 rings (SSSR count). The maximum Gasteiger partial charge on any atom is 0.243 e. The number of hydrogen-bond acceptors (Lipinski definition) is 6. The van der Waals surface area contributed by atoms with Gasteiger partial charge in [0.2, 0.25) is 5.91 Å². The highest BCUT2D eigenvalue weighted by Crippen LogP contribution is 2.33. The maximum atomic E-state index is 12.6. The molecule has 2 aromatic rings. The Kier molecular flexibility index (Phi) is 5.49. The number of methoxy groups -OCH3 is 2. The van der Waals surface area contributed by atoms with Gasteiger partial charge in [0.25, 0.3) is 0 Å². The van der Waals surface area contributed by atoms with E-state index in [0.29, 0.717) is 29.5 Å². The van der Waals surface area contributed by atoms with Gasteiger partial charge in [0.05, 0.1) is 33.0 Å². The highest BCUT2D eigenvalue weighted by atomic mass is 16.5. The van der Waals surface area contributed by atoms with Gasteiger partial charge in [0, 0.05) is 23.9 Å². The third-order valence-electron chi connectivity index (χ3n) is 4.28. The van der Waals surface area contributed by atoms with Gasteiger partial charge < -0.3 is 24.4 Å². The second-order valence-electron chi connectivity index (χ2n) is 6.21. The van der Waals surface area contributed by atoms with E-state index in [2.05, 4.69) is 5.32 Å². The second kappa shape index (κ2) is 7.99. The Morgan fingerprint density at radius 1 is 1.15 bits per heavy atom. The van der Waals surface area contributed by atoms with Crippen molar-refractivity contribution in [2.45, 2.75) is 13.0 Å². The minimum absolute atomic E-state index is 0.0764. The zero-order valence-corrected chi connectivity index (χ0v) is 15.5. The molecular weight excluding hydrogens is 348 g/mol. The molecule has 2 aromatic carbocycles. The smallest absolute Gasteiger partial charge is 0.243 e. The minimum Gasteiger partial charge on any atom is -0.497 e. The predicted octanol–water partition coefficient (Wildman–Crippen LogP) is 2.50. The molecule has 0 fully saturated rings. The molecule has 1 aliphatic heterocycles. The summed E-state index contributed by atoms with van der Waals surface area (Å²) in [6, 6.07) is 12.5. The first-order chi connectivity index (χ1) is 13.0. The van der Waals surface area contributed by atoms with Crippen molar-refractivity contribution in [3.63, 3.8) is 0 Å². The van der Waals surface area contributed by atoms with Gasteiger partial charge in [-0.05, 0) is 19.1 Å². The monoisotopic (exact) mass is 370 g/mol. The number of fused-ring (bicyclic) bond motifs is 1. The zero-order valence-electron chi connectivity index (χ0n) is 15.5. The molecule has 27 heavy (non-hydrogen) atoms. The molecule has 1 atom stereocenters. The lowest BCUT2D eigenvalue weighted by molar-refractivity contribution is -0.123. The van der Waals surface area contributed by atoms with Crippen LogP contribution in [0.2, 0.25) is 0 Å². The summed E-state index contributed by atoms with van der Waals surface area (Å²) >= 11 is 0. The van der Waals surface area contributed by atoms with Crippen LogP contribution in [-0.2, 0) is 9.59 Å². The third kappa shape index (κ3) is 4.31. The summed E-state index contributed by atoms with van der Waals surface area (Å²) in [5.41, 5.74) is 1.36. The van der Waals surface area contributed by atoms with Gasteiger partial charge in [0.1, 0.15) is 17.2 Å². The number of ether oxygens (including phenoxy) is 3. The summed E-state index contributed by atoms with van der Waals surface area (Å²) in [6.45, 7) is 1.89. The molecular formula is C20H22N2O5. The number of carbonyl (C=O) groups is 2. The first-order valence-corrected chi connectivity index (χ1v) is 8.54. The van der Waals surface area contributed by atoms with Crippen molar-refractivity contribution >= 4 is 23.1 Å². The normalized spacial score (nSPS) is 15.4. The van der Waals surface area contributed by atoms with Crippen LogP contribution in [0.5, 0.6) is 17.2 Å². The molecule has 7 nitrogen and oxygen atoms in total. The van der Waals surface area contributed by atoms with Gasteiger partial charge in [-0.25, -0.2) is 0 Å². The third-order valence-corrected chi connectivity index (χ3v) is 4.28. The maximum absolute atomic E-state index is 12.6. The quantitative estimate of drug-likeness (QED) is 0.842. The first-order valence-electron chi connectivity index (χ1n) is 8.54. The molecule has 0 saturated heterocycles. The SMILES string of the molecule is COc1cc(NC(=O)CN2CC(C(C)=O)Oc3ccccc32)cc(OC)c1. The van der Waals surface area contributed by atoms with Crippen LogP contribution in [0.1, 0.15) is 6.92 Å². The number of rotatable bonds is 6. The average Bonchev–Trinajstić information content (AvgIpc) is 2.67. The fourth-order valence-electron chi connectivity index (χ4n) is 2.92. The van der Waals surface area contributed by atoms with E-state index in [-0.39, 0.29) is 18.2 Å². The van der Waals surface area contributed by atoms with Gasteiger partial charge >= 0.3 is 0 Å². The summed E-state index contributed by atoms with van der Waals surface area (Å²) in [6.07, 6.45) is -0.593. The standard InChI is InChI=1S/C20H22N2O5/c1-13(23)19-11-22(17-6-4-5-7-18(17)27-19)12-20(24)21-14-8-15(25-2)10-16(9-14)26-3/h4-10,19H,11-12H2,1-3H3,(H,21,24). The van der Waals surface area contributed by atoms with Crippen molar-refractivity contribution < 1.29 is 23.8 Å². The molecule has 0 aromatic heterocycles. The number of benzene rings is 2. The van der Waals surface area contributed by atoms with Crippen LogP contribution in [-0.4, -0.2) is 45.1 Å². The van der Waals surface area contributed by atoms with Gasteiger partial charge in [0.15, 0.2) is 11.9 Å². The fourth-order valence-corrected chi connectivity index (χ4v) is 2.92. The molecule has 1 heterocycles. The zero-order chi connectivity index (χ0) is 19.4. The minimum atomic E-state index is -0.593. The van der Waals surface area contributed by atoms with Crippen molar-refractivity contribution in [2.75, 3.05) is 37.5 Å². The Labute approximate surface area is 157 Å². The van der Waals surface area contributed by atoms with Crippen molar-refractivity contribution in [3.05, 3.63) is 42.5 Å². The van der Waals surface area contributed by atoms with E-state index in [0.717, 1.165) is 5.69 Å². The van der Waals surface area contributed by atoms with Crippen LogP contribution < -0.4 is 24.4 Å². The molecule has 1 amide bonds. The Hall–Kier alpha value is -3.22. The Balaban J connectivity index is 1.76. The van der Waals surface area contributed by atoms with E-state index in [1.54, 1.807) is 38.5 Å². The molecule has 7 heteroatoms. The van der Waals surface area contributed by atoms with E-state index < -0.39 is 6.10 Å². The number of anilines is 2. The molecule has 0 bridgehead atoms. The number of nitrogens with one attached hydrogen (secondary N) is 1. The summed E-state index contributed by atoms with van der Waals surface area (Å²) in [5.74, 6) is 1.47. The van der Waals surface area contributed by atoms with Crippen molar-refractivity contribution in [3.8, 4) is 17.2 Å². The lowest BCUT2D eigenvalue weighted by Gasteiger charge is -2.34. The molecule has 1 aliphatic rings. The molecule has 1 N–H and O–H groups in total. The van der Waals surface area contributed by atoms with Crippen LogP contribution in [0.15, 0.2) is 42.5 Å². The second-order valence-corrected chi connectivity index (χ2v) is 6.21. The Morgan fingerprint density at radius 3 is 2.44 bits per heavy atom. The number of nitrogens with zero attached hydrogens (tertiary/aromatic N) is 1. The lowest BCUT2D eigenvalue weighted by Crippen LogP contribution is -2.46. The van der Waals surface area contributed by atoms with Crippen LogP contribution in [0.3, 0.4) is 0 Å². The van der Waals surface area contributed by atoms with Gasteiger partial charge in [-0.15, -0.1) is 0 Å². The van der Waals surface area contributed by atoms with Crippen LogP contribution in [0, 0.1) is 0 Å². The molecule has 1 unspecified atom stereocenters. The topological polar surface area (TPSA) is 77.1 Å². The van der Waals surface area contributed by atoms with Crippen molar-refractivity contribution in [2.24, 2.45) is 0 Å². The highest BCUT2D eigenvalue weighted by molar-refractivity contribution is 5.95. The Morgan fingerprint density at radius 2 is 1.81 bits per heavy atom. The van der Waals surface area contributed by atoms with E-state index in [4.69, 9.17) is 14.2 Å². The average molecular weight is 370 g/mol. The number of hydrogen-bond donors (Lipinski definition) is 1. The fraction of sp³-hybridized carbons (Fsp3) is 0.300. The molecule has 0 aliphatic carbocycles. The summed E-state index contributed by atoms with van der Waals surface area (Å²) in [4.78, 5) is 26.2. The number of para-hydroxylation sites is 2. The van der Waals surface area contributed by atoms with Crippen LogP contribution in [0.25, 0.3) is 0 Å². The summed E-state index contributed by atoms with van der Waals surface area (Å²) < 4.78 is 16.2. The van der Waals surface area contributed by atoms with Crippen LogP contribution in [0.4, 0.5) is 11.4 Å². The highest BCUT2D eigenvalue weighted by Gasteiger charge is 2.29. The van der Waals surface area contributed by atoms with E-state index in [9.17, 15) is 9.59 Å². The predicted molar refractivity (Wildman–Crippen MR) is 102 cm³/mol. The number of amides is 1. The largest absolute Gasteiger partial charge is 0.497 e.